The van der Waals surface area contributed by atoms with E-state index in [2.05, 4.69) is 15.7 Å². The number of anilines is 1. The molecule has 178 valence electrons. The lowest BCUT2D eigenvalue weighted by atomic mass is 10.1. The van der Waals surface area contributed by atoms with Gasteiger partial charge in [0.1, 0.15) is 0 Å². The third-order valence-corrected chi connectivity index (χ3v) is 6.98. The molecule has 1 heterocycles. The first-order valence-electron chi connectivity index (χ1n) is 11.6. The van der Waals surface area contributed by atoms with Crippen LogP contribution in [-0.4, -0.2) is 21.6 Å². The molecule has 1 aliphatic carbocycles. The number of aromatic nitrogens is 2. The summed E-state index contributed by atoms with van der Waals surface area (Å²) in [5, 5.41) is 12.2. The highest BCUT2D eigenvalue weighted by Gasteiger charge is 2.22. The second-order valence-corrected chi connectivity index (χ2v) is 9.58. The van der Waals surface area contributed by atoms with E-state index in [9.17, 15) is 9.59 Å². The fourth-order valence-electron chi connectivity index (χ4n) is 4.52. The van der Waals surface area contributed by atoms with Crippen LogP contribution in [0.3, 0.4) is 0 Å². The lowest BCUT2D eigenvalue weighted by Gasteiger charge is -2.12. The zero-order valence-electron chi connectivity index (χ0n) is 18.9. The summed E-state index contributed by atoms with van der Waals surface area (Å²) in [6.07, 6.45) is 5.82. The minimum Gasteiger partial charge on any atom is -0.352 e. The number of benzene rings is 3. The van der Waals surface area contributed by atoms with Gasteiger partial charge in [-0.2, -0.15) is 5.10 Å². The Morgan fingerprint density at radius 2 is 1.77 bits per heavy atom. The van der Waals surface area contributed by atoms with Gasteiger partial charge in [0.25, 0.3) is 5.91 Å². The van der Waals surface area contributed by atoms with Crippen molar-refractivity contribution in [2.75, 3.05) is 5.32 Å². The van der Waals surface area contributed by atoms with Crippen molar-refractivity contribution in [3.05, 3.63) is 88.0 Å². The fraction of sp³-hybridized carbons (Fsp3) is 0.222. The van der Waals surface area contributed by atoms with Crippen LogP contribution >= 0.6 is 23.2 Å². The zero-order chi connectivity index (χ0) is 24.4. The normalized spacial score (nSPS) is 13.8. The molecule has 0 spiro atoms. The minimum atomic E-state index is -0.328. The Labute approximate surface area is 213 Å². The molecule has 2 amide bonds. The number of rotatable bonds is 6. The maximum absolute atomic E-state index is 13.2. The van der Waals surface area contributed by atoms with Crippen LogP contribution in [0.25, 0.3) is 16.6 Å². The van der Waals surface area contributed by atoms with Crippen molar-refractivity contribution in [3.8, 4) is 5.69 Å². The van der Waals surface area contributed by atoms with E-state index in [1.807, 2.05) is 36.4 Å². The van der Waals surface area contributed by atoms with Crippen LogP contribution in [-0.2, 0) is 11.3 Å². The fourth-order valence-corrected chi connectivity index (χ4v) is 4.85. The topological polar surface area (TPSA) is 76.0 Å². The average Bonchev–Trinajstić information content (AvgIpc) is 3.55. The second-order valence-electron chi connectivity index (χ2n) is 8.74. The van der Waals surface area contributed by atoms with Gasteiger partial charge >= 0.3 is 0 Å². The van der Waals surface area contributed by atoms with Crippen LogP contribution < -0.4 is 10.6 Å². The van der Waals surface area contributed by atoms with Crippen molar-refractivity contribution in [1.82, 2.24) is 15.1 Å². The molecule has 35 heavy (non-hydrogen) atoms. The van der Waals surface area contributed by atoms with E-state index in [0.717, 1.165) is 47.8 Å². The summed E-state index contributed by atoms with van der Waals surface area (Å²) in [6.45, 7) is 0.357. The molecule has 0 bridgehead atoms. The van der Waals surface area contributed by atoms with Gasteiger partial charge in [0.2, 0.25) is 5.91 Å². The highest BCUT2D eigenvalue weighted by Crippen LogP contribution is 2.28. The quantitative estimate of drug-likeness (QED) is 0.318. The van der Waals surface area contributed by atoms with Gasteiger partial charge in [-0.15, -0.1) is 0 Å². The van der Waals surface area contributed by atoms with Gasteiger partial charge in [0, 0.05) is 22.9 Å². The molecule has 1 saturated carbocycles. The SMILES string of the molecule is O=C(Nc1cccc2c1cnn2-c1ccc(Cl)cc1)c1cc(CNC(=O)C2CCCC2)ccc1Cl. The van der Waals surface area contributed by atoms with Gasteiger partial charge < -0.3 is 10.6 Å². The first kappa shape index (κ1) is 23.4. The van der Waals surface area contributed by atoms with Crippen molar-refractivity contribution in [1.29, 1.82) is 0 Å². The number of hydrogen-bond donors (Lipinski definition) is 2. The molecule has 0 radical (unpaired) electrons. The van der Waals surface area contributed by atoms with Gasteiger partial charge in [-0.25, -0.2) is 4.68 Å². The molecule has 0 unspecified atom stereocenters. The highest BCUT2D eigenvalue weighted by atomic mass is 35.5. The summed E-state index contributed by atoms with van der Waals surface area (Å²) in [6, 6.07) is 18.3. The van der Waals surface area contributed by atoms with Crippen LogP contribution in [0.5, 0.6) is 0 Å². The number of fused-ring (bicyclic) bond motifs is 1. The Morgan fingerprint density at radius 3 is 2.54 bits per heavy atom. The van der Waals surface area contributed by atoms with E-state index >= 15 is 0 Å². The van der Waals surface area contributed by atoms with Crippen molar-refractivity contribution in [2.45, 2.75) is 32.2 Å². The maximum Gasteiger partial charge on any atom is 0.257 e. The molecule has 5 rings (SSSR count). The Morgan fingerprint density at radius 1 is 1.00 bits per heavy atom. The van der Waals surface area contributed by atoms with Crippen LogP contribution in [0.1, 0.15) is 41.6 Å². The molecule has 1 aromatic heterocycles. The van der Waals surface area contributed by atoms with Crippen LogP contribution in [0.2, 0.25) is 10.0 Å². The summed E-state index contributed by atoms with van der Waals surface area (Å²) in [7, 11) is 0. The molecule has 4 aromatic rings. The smallest absolute Gasteiger partial charge is 0.257 e. The van der Waals surface area contributed by atoms with Crippen LogP contribution in [0.4, 0.5) is 5.69 Å². The predicted octanol–water partition coefficient (Wildman–Crippen LogP) is 6.39. The molecular formula is C27H24Cl2N4O2. The van der Waals surface area contributed by atoms with Gasteiger partial charge in [0.05, 0.1) is 33.7 Å². The van der Waals surface area contributed by atoms with E-state index in [0.29, 0.717) is 27.8 Å². The van der Waals surface area contributed by atoms with Gasteiger partial charge in [-0.3, -0.25) is 9.59 Å². The van der Waals surface area contributed by atoms with E-state index in [1.54, 1.807) is 35.1 Å². The standard InChI is InChI=1S/C27H24Cl2N4O2/c28-19-9-11-20(12-10-19)33-25-7-3-6-24(22(25)16-31-33)32-27(35)21-14-17(8-13-23(21)29)15-30-26(34)18-4-1-2-5-18/h3,6-14,16,18H,1-2,4-5,15H2,(H,30,34)(H,32,35). The maximum atomic E-state index is 13.2. The highest BCUT2D eigenvalue weighted by molar-refractivity contribution is 6.34. The third-order valence-electron chi connectivity index (χ3n) is 6.40. The first-order valence-corrected chi connectivity index (χ1v) is 12.4. The Hall–Kier alpha value is -3.35. The molecule has 6 nitrogen and oxygen atoms in total. The number of halogens is 2. The van der Waals surface area contributed by atoms with E-state index in [1.165, 1.54) is 0 Å². The van der Waals surface area contributed by atoms with E-state index in [4.69, 9.17) is 23.2 Å². The minimum absolute atomic E-state index is 0.0767. The number of carbonyl (C=O) groups is 2. The average molecular weight is 507 g/mol. The summed E-state index contributed by atoms with van der Waals surface area (Å²) in [5.74, 6) is -0.155. The third kappa shape index (κ3) is 5.04. The summed E-state index contributed by atoms with van der Waals surface area (Å²) >= 11 is 12.4. The Bertz CT molecular complexity index is 1390. The number of amides is 2. The molecule has 1 aliphatic rings. The molecular weight excluding hydrogens is 483 g/mol. The van der Waals surface area contributed by atoms with Crippen molar-refractivity contribution in [3.63, 3.8) is 0 Å². The molecule has 3 aromatic carbocycles. The number of nitrogens with one attached hydrogen (secondary N) is 2. The number of nitrogens with zero attached hydrogens (tertiary/aromatic N) is 2. The van der Waals surface area contributed by atoms with Crippen LogP contribution in [0, 0.1) is 5.92 Å². The second kappa shape index (κ2) is 10.1. The first-order chi connectivity index (χ1) is 17.0. The predicted molar refractivity (Wildman–Crippen MR) is 139 cm³/mol. The lowest BCUT2D eigenvalue weighted by molar-refractivity contribution is -0.124. The van der Waals surface area contributed by atoms with Crippen molar-refractivity contribution in [2.24, 2.45) is 5.92 Å². The molecule has 8 heteroatoms. The molecule has 1 fully saturated rings. The number of carbonyl (C=O) groups excluding carboxylic acids is 2. The Kier molecular flexibility index (Phi) is 6.75. The zero-order valence-corrected chi connectivity index (χ0v) is 20.4. The van der Waals surface area contributed by atoms with E-state index < -0.39 is 0 Å². The van der Waals surface area contributed by atoms with Gasteiger partial charge in [0.15, 0.2) is 0 Å². The molecule has 0 saturated heterocycles. The largest absolute Gasteiger partial charge is 0.352 e. The molecule has 0 atom stereocenters. The van der Waals surface area contributed by atoms with Gasteiger partial charge in [-0.05, 0) is 66.9 Å². The molecule has 2 N–H and O–H groups in total. The van der Waals surface area contributed by atoms with Gasteiger partial charge in [-0.1, -0.05) is 48.2 Å². The monoisotopic (exact) mass is 506 g/mol. The van der Waals surface area contributed by atoms with Crippen molar-refractivity contribution >= 4 is 51.6 Å². The summed E-state index contributed by atoms with van der Waals surface area (Å²) in [4.78, 5) is 25.5. The number of hydrogen-bond acceptors (Lipinski definition) is 3. The summed E-state index contributed by atoms with van der Waals surface area (Å²) in [5.41, 5.74) is 3.51. The van der Waals surface area contributed by atoms with Crippen molar-refractivity contribution < 1.29 is 9.59 Å². The van der Waals surface area contributed by atoms with Crippen LogP contribution in [0.15, 0.2) is 66.9 Å². The lowest BCUT2D eigenvalue weighted by Crippen LogP contribution is -2.28. The molecule has 0 aliphatic heterocycles. The Balaban J connectivity index is 1.34. The summed E-state index contributed by atoms with van der Waals surface area (Å²) < 4.78 is 1.79. The van der Waals surface area contributed by atoms with E-state index in [-0.39, 0.29) is 17.7 Å².